The summed E-state index contributed by atoms with van der Waals surface area (Å²) in [5.41, 5.74) is 12.7. The topological polar surface area (TPSA) is 189 Å². The molecule has 220 valence electrons. The smallest absolute Gasteiger partial charge is 0.409 e. The van der Waals surface area contributed by atoms with Gasteiger partial charge in [-0.15, -0.1) is 0 Å². The third-order valence-corrected chi connectivity index (χ3v) is 7.75. The minimum Gasteiger partial charge on any atom is -0.481 e. The molecule has 13 nitrogen and oxygen atoms in total. The fraction of sp³-hybridized carbons (Fsp3) is 0.500. The van der Waals surface area contributed by atoms with Crippen molar-refractivity contribution >= 4 is 46.4 Å². The summed E-state index contributed by atoms with van der Waals surface area (Å²) in [7, 11) is 0. The second-order valence-corrected chi connectivity index (χ2v) is 10.3. The molecule has 1 aromatic carbocycles. The Kier molecular flexibility index (Phi) is 9.25. The van der Waals surface area contributed by atoms with E-state index in [-0.39, 0.29) is 68.7 Å². The molecule has 1 unspecified atom stereocenters. The van der Waals surface area contributed by atoms with Crippen molar-refractivity contribution in [1.82, 2.24) is 14.8 Å². The molecular weight excluding hydrogens is 532 g/mol. The highest BCUT2D eigenvalue weighted by atomic mass is 16.6. The predicted molar refractivity (Wildman–Crippen MR) is 149 cm³/mol. The lowest BCUT2D eigenvalue weighted by Crippen LogP contribution is -2.52. The minimum atomic E-state index is -1.09. The zero-order valence-electron chi connectivity index (χ0n) is 23.1. The van der Waals surface area contributed by atoms with Gasteiger partial charge >= 0.3 is 12.1 Å². The minimum absolute atomic E-state index is 0.0649. The molecular formula is C28H36N6O7. The highest BCUT2D eigenvalue weighted by Gasteiger charge is 2.36. The standard InChI is InChI=1S/C28H36N6O7/c1-2-41-28(40)34-15-13-33(14-16-34)27(39)19(7-8-21(35)36)23-22(26(30)38)24(18-5-3-4-6-20(18)31-23)32-11-9-17(10-12-32)25(29)37/h3-6,17,19H,2,7-16H2,1H3,(H2,29,37)(H2,30,38)(H,35,36). The fourth-order valence-electron chi connectivity index (χ4n) is 5.61. The van der Waals surface area contributed by atoms with E-state index < -0.39 is 29.8 Å². The van der Waals surface area contributed by atoms with Crippen LogP contribution in [0.5, 0.6) is 0 Å². The first-order valence-corrected chi connectivity index (χ1v) is 13.8. The van der Waals surface area contributed by atoms with Gasteiger partial charge in [0.1, 0.15) is 0 Å². The lowest BCUT2D eigenvalue weighted by molar-refractivity contribution is -0.138. The first-order valence-electron chi connectivity index (χ1n) is 13.8. The molecule has 0 spiro atoms. The van der Waals surface area contributed by atoms with Crippen LogP contribution in [0.3, 0.4) is 0 Å². The van der Waals surface area contributed by atoms with Crippen molar-refractivity contribution in [1.29, 1.82) is 0 Å². The average Bonchev–Trinajstić information content (AvgIpc) is 2.96. The van der Waals surface area contributed by atoms with E-state index in [2.05, 4.69) is 0 Å². The van der Waals surface area contributed by atoms with Crippen LogP contribution in [0.2, 0.25) is 0 Å². The molecule has 3 heterocycles. The summed E-state index contributed by atoms with van der Waals surface area (Å²) >= 11 is 0. The second kappa shape index (κ2) is 12.8. The highest BCUT2D eigenvalue weighted by Crippen LogP contribution is 2.38. The van der Waals surface area contributed by atoms with Crippen molar-refractivity contribution in [2.45, 2.75) is 38.5 Å². The third-order valence-electron chi connectivity index (χ3n) is 7.75. The molecule has 2 aromatic rings. The predicted octanol–water partition coefficient (Wildman–Crippen LogP) is 1.28. The van der Waals surface area contributed by atoms with Gasteiger partial charge in [0, 0.05) is 57.0 Å². The number of para-hydroxylation sites is 1. The Hall–Kier alpha value is -4.42. The number of ether oxygens (including phenoxy) is 1. The van der Waals surface area contributed by atoms with Crippen molar-refractivity contribution in [2.24, 2.45) is 17.4 Å². The number of aromatic nitrogens is 1. The lowest BCUT2D eigenvalue weighted by atomic mass is 9.89. The molecule has 1 aromatic heterocycles. The van der Waals surface area contributed by atoms with Crippen LogP contribution in [0.1, 0.15) is 54.6 Å². The number of nitrogens with zero attached hydrogens (tertiary/aromatic N) is 4. The van der Waals surface area contributed by atoms with Gasteiger partial charge in [0.05, 0.1) is 35.0 Å². The summed E-state index contributed by atoms with van der Waals surface area (Å²) in [5.74, 6) is -3.99. The molecule has 2 aliphatic heterocycles. The van der Waals surface area contributed by atoms with Crippen molar-refractivity contribution in [3.05, 3.63) is 35.5 Å². The Balaban J connectivity index is 1.76. The van der Waals surface area contributed by atoms with E-state index in [0.29, 0.717) is 42.5 Å². The summed E-state index contributed by atoms with van der Waals surface area (Å²) < 4.78 is 5.06. The molecule has 0 bridgehead atoms. The van der Waals surface area contributed by atoms with Gasteiger partial charge < -0.3 is 36.0 Å². The van der Waals surface area contributed by atoms with Crippen LogP contribution in [0.25, 0.3) is 10.9 Å². The van der Waals surface area contributed by atoms with Crippen LogP contribution >= 0.6 is 0 Å². The molecule has 2 aliphatic rings. The van der Waals surface area contributed by atoms with Crippen molar-refractivity contribution < 1.29 is 33.8 Å². The van der Waals surface area contributed by atoms with E-state index in [1.54, 1.807) is 24.0 Å². The van der Waals surface area contributed by atoms with Crippen LogP contribution in [-0.2, 0) is 19.1 Å². The number of piperazine rings is 1. The number of nitrogens with two attached hydrogens (primary N) is 2. The summed E-state index contributed by atoms with van der Waals surface area (Å²) in [6.45, 7) is 3.76. The van der Waals surface area contributed by atoms with Gasteiger partial charge in [-0.25, -0.2) is 4.79 Å². The lowest BCUT2D eigenvalue weighted by Gasteiger charge is -2.37. The maximum Gasteiger partial charge on any atom is 0.409 e. The quantitative estimate of drug-likeness (QED) is 0.400. The van der Waals surface area contributed by atoms with Crippen LogP contribution in [-0.4, -0.2) is 95.5 Å². The first kappa shape index (κ1) is 29.6. The van der Waals surface area contributed by atoms with E-state index in [1.807, 2.05) is 17.0 Å². The number of carbonyl (C=O) groups is 5. The Morgan fingerprint density at radius 3 is 2.22 bits per heavy atom. The van der Waals surface area contributed by atoms with Crippen molar-refractivity contribution in [3.8, 4) is 0 Å². The number of carboxylic acids is 1. The number of hydrogen-bond donors (Lipinski definition) is 3. The van der Waals surface area contributed by atoms with E-state index in [4.69, 9.17) is 21.2 Å². The Morgan fingerprint density at radius 1 is 1.00 bits per heavy atom. The van der Waals surface area contributed by atoms with E-state index >= 15 is 0 Å². The van der Waals surface area contributed by atoms with Crippen molar-refractivity contribution in [2.75, 3.05) is 50.8 Å². The number of aliphatic carboxylic acids is 1. The number of hydrogen-bond acceptors (Lipinski definition) is 8. The third kappa shape index (κ3) is 6.50. The summed E-state index contributed by atoms with van der Waals surface area (Å²) in [6, 6.07) is 7.18. The van der Waals surface area contributed by atoms with E-state index in [0.717, 1.165) is 0 Å². The van der Waals surface area contributed by atoms with Gasteiger partial charge in [0.25, 0.3) is 5.91 Å². The Labute approximate surface area is 237 Å². The molecule has 2 saturated heterocycles. The SMILES string of the molecule is CCOC(=O)N1CCN(C(=O)C(CCC(=O)O)c2nc3ccccc3c(N3CCC(C(N)=O)CC3)c2C(N)=O)CC1. The number of primary amides is 2. The van der Waals surface area contributed by atoms with Gasteiger partial charge in [0.2, 0.25) is 11.8 Å². The van der Waals surface area contributed by atoms with Gasteiger partial charge in [-0.1, -0.05) is 18.2 Å². The number of piperidine rings is 1. The number of rotatable bonds is 9. The van der Waals surface area contributed by atoms with Crippen LogP contribution in [0.15, 0.2) is 24.3 Å². The number of fused-ring (bicyclic) bond motifs is 1. The molecule has 5 N–H and O–H groups in total. The molecule has 41 heavy (non-hydrogen) atoms. The largest absolute Gasteiger partial charge is 0.481 e. The summed E-state index contributed by atoms with van der Waals surface area (Å²) in [6.07, 6.45) is 0.0998. The van der Waals surface area contributed by atoms with Gasteiger partial charge in [-0.05, 0) is 32.3 Å². The van der Waals surface area contributed by atoms with E-state index in [1.165, 1.54) is 4.90 Å². The van der Waals surface area contributed by atoms with Crippen LogP contribution in [0.4, 0.5) is 10.5 Å². The first-order chi connectivity index (χ1) is 19.6. The van der Waals surface area contributed by atoms with Crippen LogP contribution < -0.4 is 16.4 Å². The van der Waals surface area contributed by atoms with E-state index in [9.17, 15) is 29.1 Å². The molecule has 2 fully saturated rings. The molecule has 4 rings (SSSR count). The number of carbonyl (C=O) groups excluding carboxylic acids is 4. The number of carboxylic acid groups (broad SMARTS) is 1. The average molecular weight is 569 g/mol. The Morgan fingerprint density at radius 2 is 1.63 bits per heavy atom. The summed E-state index contributed by atoms with van der Waals surface area (Å²) in [4.78, 5) is 72.4. The maximum atomic E-state index is 14.0. The molecule has 0 saturated carbocycles. The number of anilines is 1. The molecule has 0 radical (unpaired) electrons. The van der Waals surface area contributed by atoms with Gasteiger partial charge in [0.15, 0.2) is 0 Å². The Bertz CT molecular complexity index is 1330. The molecule has 4 amide bonds. The molecule has 0 aliphatic carbocycles. The number of amides is 4. The summed E-state index contributed by atoms with van der Waals surface area (Å²) in [5, 5.41) is 10.1. The zero-order valence-corrected chi connectivity index (χ0v) is 23.1. The maximum absolute atomic E-state index is 14.0. The van der Waals surface area contributed by atoms with Crippen LogP contribution in [0, 0.1) is 5.92 Å². The highest BCUT2D eigenvalue weighted by molar-refractivity contribution is 6.09. The number of benzene rings is 1. The number of pyridine rings is 1. The molecule has 1 atom stereocenters. The zero-order chi connectivity index (χ0) is 29.7. The monoisotopic (exact) mass is 568 g/mol. The normalized spacial score (nSPS) is 16.9. The fourth-order valence-corrected chi connectivity index (χ4v) is 5.61. The van der Waals surface area contributed by atoms with Gasteiger partial charge in [-0.3, -0.25) is 24.2 Å². The molecule has 13 heteroatoms. The second-order valence-electron chi connectivity index (χ2n) is 10.3. The van der Waals surface area contributed by atoms with Gasteiger partial charge in [-0.2, -0.15) is 0 Å². The van der Waals surface area contributed by atoms with Crippen molar-refractivity contribution in [3.63, 3.8) is 0 Å².